The summed E-state index contributed by atoms with van der Waals surface area (Å²) in [7, 11) is 1.39. The molecule has 3 aromatic rings. The molecule has 2 aromatic carbocycles. The lowest BCUT2D eigenvalue weighted by Crippen LogP contribution is -2.24. The van der Waals surface area contributed by atoms with E-state index in [1.807, 2.05) is 54.9 Å². The first-order valence-electron chi connectivity index (χ1n) is 8.84. The molecule has 4 rings (SSSR count). The van der Waals surface area contributed by atoms with E-state index in [0.717, 1.165) is 27.1 Å². The number of ether oxygens (including phenoxy) is 3. The Morgan fingerprint density at radius 2 is 2.07 bits per heavy atom. The quantitative estimate of drug-likeness (QED) is 0.404. The number of nitrogens with one attached hydrogen (secondary N) is 1. The zero-order valence-electron chi connectivity index (χ0n) is 15.6. The molecule has 0 fully saturated rings. The van der Waals surface area contributed by atoms with Gasteiger partial charge in [-0.05, 0) is 36.1 Å². The SMILES string of the molecule is COC(=O)C(Cc1c[nH]c2ccccc12)N=C(SC)c1ccc2c(c1)OCO2. The number of fused-ring (bicyclic) bond motifs is 2. The molecule has 6 nitrogen and oxygen atoms in total. The lowest BCUT2D eigenvalue weighted by atomic mass is 10.1. The second-order valence-electron chi connectivity index (χ2n) is 6.31. The van der Waals surface area contributed by atoms with Gasteiger partial charge in [0.1, 0.15) is 0 Å². The number of hydrogen-bond acceptors (Lipinski definition) is 6. The summed E-state index contributed by atoms with van der Waals surface area (Å²) in [6.07, 6.45) is 4.31. The van der Waals surface area contributed by atoms with Gasteiger partial charge in [-0.1, -0.05) is 18.2 Å². The zero-order valence-corrected chi connectivity index (χ0v) is 16.4. The fraction of sp³-hybridized carbons (Fsp3) is 0.238. The van der Waals surface area contributed by atoms with Gasteiger partial charge in [0.2, 0.25) is 6.79 Å². The van der Waals surface area contributed by atoms with E-state index < -0.39 is 6.04 Å². The van der Waals surface area contributed by atoms with E-state index in [1.54, 1.807) is 0 Å². The maximum absolute atomic E-state index is 12.5. The third kappa shape index (κ3) is 3.57. The number of rotatable bonds is 5. The molecule has 7 heteroatoms. The highest BCUT2D eigenvalue weighted by Gasteiger charge is 2.22. The standard InChI is InChI=1S/C21H20N2O4S/c1-25-21(24)17(9-14-11-22-16-6-4-3-5-15(14)16)23-20(28-2)13-7-8-18-19(10-13)27-12-26-18/h3-8,10-11,17,22H,9,12H2,1-2H3. The van der Waals surface area contributed by atoms with Gasteiger partial charge < -0.3 is 19.2 Å². The number of nitrogens with zero attached hydrogens (tertiary/aromatic N) is 1. The Kier molecular flexibility index (Phi) is 5.25. The molecule has 28 heavy (non-hydrogen) atoms. The third-order valence-corrected chi connectivity index (χ3v) is 5.38. The summed E-state index contributed by atoms with van der Waals surface area (Å²) >= 11 is 1.48. The van der Waals surface area contributed by atoms with Crippen molar-refractivity contribution >= 4 is 33.7 Å². The average Bonchev–Trinajstić information content (AvgIpc) is 3.37. The molecule has 0 bridgehead atoms. The molecule has 0 radical (unpaired) electrons. The van der Waals surface area contributed by atoms with E-state index in [0.29, 0.717) is 17.9 Å². The number of H-pyrrole nitrogens is 1. The van der Waals surface area contributed by atoms with Crippen LogP contribution in [0.1, 0.15) is 11.1 Å². The Hall–Kier alpha value is -2.93. The molecule has 1 aliphatic rings. The summed E-state index contributed by atoms with van der Waals surface area (Å²) in [5.41, 5.74) is 2.94. The summed E-state index contributed by atoms with van der Waals surface area (Å²) in [4.78, 5) is 20.4. The molecular formula is C21H20N2O4S. The average molecular weight is 396 g/mol. The molecule has 1 aromatic heterocycles. The van der Waals surface area contributed by atoms with Gasteiger partial charge in [-0.25, -0.2) is 4.79 Å². The van der Waals surface area contributed by atoms with Crippen molar-refractivity contribution in [2.45, 2.75) is 12.5 Å². The van der Waals surface area contributed by atoms with E-state index in [9.17, 15) is 4.79 Å². The number of aromatic amines is 1. The summed E-state index contributed by atoms with van der Waals surface area (Å²) < 4.78 is 15.8. The first-order valence-corrected chi connectivity index (χ1v) is 10.1. The first-order chi connectivity index (χ1) is 13.7. The van der Waals surface area contributed by atoms with Crippen LogP contribution in [0.5, 0.6) is 11.5 Å². The second kappa shape index (κ2) is 7.98. The number of methoxy groups -OCH3 is 1. The van der Waals surface area contributed by atoms with E-state index >= 15 is 0 Å². The van der Waals surface area contributed by atoms with Gasteiger partial charge in [0.15, 0.2) is 17.5 Å². The number of hydrogen-bond donors (Lipinski definition) is 1. The molecule has 144 valence electrons. The van der Waals surface area contributed by atoms with Crippen LogP contribution in [-0.2, 0) is 16.0 Å². The van der Waals surface area contributed by atoms with Gasteiger partial charge in [-0.15, -0.1) is 11.8 Å². The van der Waals surface area contributed by atoms with Crippen LogP contribution in [0.3, 0.4) is 0 Å². The maximum atomic E-state index is 12.5. The number of thioether (sulfide) groups is 1. The van der Waals surface area contributed by atoms with Crippen molar-refractivity contribution in [2.24, 2.45) is 4.99 Å². The van der Waals surface area contributed by atoms with Crippen LogP contribution < -0.4 is 9.47 Å². The summed E-state index contributed by atoms with van der Waals surface area (Å²) in [5.74, 6) is 1.04. The highest BCUT2D eigenvalue weighted by Crippen LogP contribution is 2.33. The Morgan fingerprint density at radius 3 is 2.89 bits per heavy atom. The van der Waals surface area contributed by atoms with Crippen LogP contribution in [0.2, 0.25) is 0 Å². The van der Waals surface area contributed by atoms with Gasteiger partial charge in [-0.2, -0.15) is 0 Å². The number of aromatic nitrogens is 1. The largest absolute Gasteiger partial charge is 0.467 e. The van der Waals surface area contributed by atoms with Crippen molar-refractivity contribution in [2.75, 3.05) is 20.2 Å². The van der Waals surface area contributed by atoms with Crippen molar-refractivity contribution in [3.8, 4) is 11.5 Å². The topological polar surface area (TPSA) is 72.9 Å². The molecule has 0 amide bonds. The van der Waals surface area contributed by atoms with E-state index in [1.165, 1.54) is 18.9 Å². The molecule has 0 spiro atoms. The number of carbonyl (C=O) groups excluding carboxylic acids is 1. The molecule has 0 saturated carbocycles. The normalized spacial score (nSPS) is 14.3. The molecule has 2 heterocycles. The first kappa shape index (κ1) is 18.4. The van der Waals surface area contributed by atoms with Crippen molar-refractivity contribution in [3.63, 3.8) is 0 Å². The van der Waals surface area contributed by atoms with E-state index in [2.05, 4.69) is 4.98 Å². The number of para-hydroxylation sites is 1. The van der Waals surface area contributed by atoms with Gasteiger partial charge in [0, 0.05) is 29.1 Å². The Morgan fingerprint density at radius 1 is 1.25 bits per heavy atom. The highest BCUT2D eigenvalue weighted by atomic mass is 32.2. The molecular weight excluding hydrogens is 376 g/mol. The Labute approximate surface area is 166 Å². The lowest BCUT2D eigenvalue weighted by Gasteiger charge is -2.13. The second-order valence-corrected chi connectivity index (χ2v) is 7.10. The van der Waals surface area contributed by atoms with Crippen LogP contribution in [0.4, 0.5) is 0 Å². The Balaban J connectivity index is 1.67. The zero-order chi connectivity index (χ0) is 19.5. The van der Waals surface area contributed by atoms with Crippen LogP contribution in [0.25, 0.3) is 10.9 Å². The van der Waals surface area contributed by atoms with Gasteiger partial charge in [-0.3, -0.25) is 4.99 Å². The number of benzene rings is 2. The van der Waals surface area contributed by atoms with Crippen molar-refractivity contribution in [1.82, 2.24) is 4.98 Å². The van der Waals surface area contributed by atoms with Gasteiger partial charge >= 0.3 is 5.97 Å². The van der Waals surface area contributed by atoms with Gasteiger partial charge in [0.05, 0.1) is 12.2 Å². The van der Waals surface area contributed by atoms with Gasteiger partial charge in [0.25, 0.3) is 0 Å². The Bertz CT molecular complexity index is 1040. The molecule has 0 saturated heterocycles. The third-order valence-electron chi connectivity index (χ3n) is 4.65. The molecule has 1 unspecified atom stereocenters. The minimum absolute atomic E-state index is 0.218. The number of carbonyl (C=O) groups is 1. The maximum Gasteiger partial charge on any atom is 0.330 e. The smallest absolute Gasteiger partial charge is 0.330 e. The predicted octanol–water partition coefficient (Wildman–Crippen LogP) is 3.79. The molecule has 1 atom stereocenters. The minimum Gasteiger partial charge on any atom is -0.467 e. The summed E-state index contributed by atoms with van der Waals surface area (Å²) in [6.45, 7) is 0.218. The fourth-order valence-electron chi connectivity index (χ4n) is 3.24. The predicted molar refractivity (Wildman–Crippen MR) is 110 cm³/mol. The number of esters is 1. The molecule has 1 N–H and O–H groups in total. The van der Waals surface area contributed by atoms with Crippen LogP contribution in [-0.4, -0.2) is 42.2 Å². The summed E-state index contributed by atoms with van der Waals surface area (Å²) in [6, 6.07) is 13.0. The summed E-state index contributed by atoms with van der Waals surface area (Å²) in [5, 5.41) is 1.83. The lowest BCUT2D eigenvalue weighted by molar-refractivity contribution is -0.142. The minimum atomic E-state index is -0.642. The monoisotopic (exact) mass is 396 g/mol. The molecule has 1 aliphatic heterocycles. The molecule has 0 aliphatic carbocycles. The van der Waals surface area contributed by atoms with E-state index in [-0.39, 0.29) is 12.8 Å². The van der Waals surface area contributed by atoms with Crippen LogP contribution >= 0.6 is 11.8 Å². The van der Waals surface area contributed by atoms with Crippen molar-refractivity contribution in [3.05, 3.63) is 59.8 Å². The number of aliphatic imine (C=N–C) groups is 1. The van der Waals surface area contributed by atoms with Crippen LogP contribution in [0.15, 0.2) is 53.7 Å². The van der Waals surface area contributed by atoms with Crippen molar-refractivity contribution in [1.29, 1.82) is 0 Å². The van der Waals surface area contributed by atoms with Crippen LogP contribution in [0, 0.1) is 0 Å². The van der Waals surface area contributed by atoms with Crippen molar-refractivity contribution < 1.29 is 19.0 Å². The highest BCUT2D eigenvalue weighted by molar-refractivity contribution is 8.13. The fourth-order valence-corrected chi connectivity index (χ4v) is 3.84. The van der Waals surface area contributed by atoms with E-state index in [4.69, 9.17) is 19.2 Å².